The van der Waals surface area contributed by atoms with Gasteiger partial charge in [-0.25, -0.2) is 0 Å². The third-order valence-corrected chi connectivity index (χ3v) is 3.44. The van der Waals surface area contributed by atoms with Gasteiger partial charge in [0.25, 0.3) is 0 Å². The fourth-order valence-electron chi connectivity index (χ4n) is 2.31. The lowest BCUT2D eigenvalue weighted by Crippen LogP contribution is -2.22. The molecule has 1 fully saturated rings. The van der Waals surface area contributed by atoms with Crippen LogP contribution in [0.5, 0.6) is 11.5 Å². The van der Waals surface area contributed by atoms with E-state index < -0.39 is 0 Å². The minimum atomic E-state index is 0.0371. The molecule has 0 spiro atoms. The van der Waals surface area contributed by atoms with Crippen LogP contribution < -0.4 is 15.2 Å². The first-order valence-corrected chi connectivity index (χ1v) is 6.87. The van der Waals surface area contributed by atoms with Crippen molar-refractivity contribution < 1.29 is 9.47 Å². The van der Waals surface area contributed by atoms with Gasteiger partial charge in [0.1, 0.15) is 17.6 Å². The van der Waals surface area contributed by atoms with Gasteiger partial charge in [-0.05, 0) is 37.8 Å². The Labute approximate surface area is 109 Å². The van der Waals surface area contributed by atoms with Crippen LogP contribution in [0, 0.1) is 5.92 Å². The predicted molar refractivity (Wildman–Crippen MR) is 73.0 cm³/mol. The highest BCUT2D eigenvalue weighted by molar-refractivity contribution is 5.33. The Morgan fingerprint density at radius 1 is 1.28 bits per heavy atom. The van der Waals surface area contributed by atoms with Crippen molar-refractivity contribution >= 4 is 0 Å². The molecule has 1 aliphatic rings. The molecule has 0 saturated heterocycles. The average Bonchev–Trinajstić information content (AvgIpc) is 2.90. The Balaban J connectivity index is 1.86. The highest BCUT2D eigenvalue weighted by atomic mass is 16.5. The fraction of sp³-hybridized carbons (Fsp3) is 0.600. The molecule has 18 heavy (non-hydrogen) atoms. The lowest BCUT2D eigenvalue weighted by molar-refractivity contribution is 0.224. The molecule has 2 N–H and O–H groups in total. The predicted octanol–water partition coefficient (Wildman–Crippen LogP) is 2.98. The summed E-state index contributed by atoms with van der Waals surface area (Å²) in [6.45, 7) is 3.31. The minimum absolute atomic E-state index is 0.0371. The van der Waals surface area contributed by atoms with Gasteiger partial charge in [0.2, 0.25) is 0 Å². The fourth-order valence-corrected chi connectivity index (χ4v) is 2.31. The van der Waals surface area contributed by atoms with Gasteiger partial charge >= 0.3 is 0 Å². The monoisotopic (exact) mass is 249 g/mol. The molecule has 1 aliphatic carbocycles. The first-order chi connectivity index (χ1) is 8.78. The Kier molecular flexibility index (Phi) is 4.88. The second-order valence-electron chi connectivity index (χ2n) is 5.10. The van der Waals surface area contributed by atoms with Crippen molar-refractivity contribution in [3.8, 4) is 11.5 Å². The van der Waals surface area contributed by atoms with E-state index in [4.69, 9.17) is 15.2 Å². The van der Waals surface area contributed by atoms with Crippen LogP contribution in [0.25, 0.3) is 0 Å². The summed E-state index contributed by atoms with van der Waals surface area (Å²) in [6.07, 6.45) is 5.35. The minimum Gasteiger partial charge on any atom is -0.493 e. The third-order valence-electron chi connectivity index (χ3n) is 3.44. The Hall–Kier alpha value is -1.22. The first kappa shape index (κ1) is 13.2. The van der Waals surface area contributed by atoms with Crippen LogP contribution in [0.3, 0.4) is 0 Å². The van der Waals surface area contributed by atoms with Crippen LogP contribution in [0.1, 0.15) is 32.6 Å². The normalized spacial score (nSPS) is 17.7. The number of hydrogen-bond donors (Lipinski definition) is 1. The molecule has 0 unspecified atom stereocenters. The topological polar surface area (TPSA) is 44.5 Å². The van der Waals surface area contributed by atoms with E-state index in [-0.39, 0.29) is 6.10 Å². The quantitative estimate of drug-likeness (QED) is 0.843. The molecule has 0 bridgehead atoms. The molecule has 3 heteroatoms. The van der Waals surface area contributed by atoms with Crippen molar-refractivity contribution in [1.29, 1.82) is 0 Å². The summed E-state index contributed by atoms with van der Waals surface area (Å²) in [5.74, 6) is 2.46. The molecule has 1 aromatic rings. The molecule has 0 heterocycles. The molecule has 0 aliphatic heterocycles. The van der Waals surface area contributed by atoms with E-state index in [1.807, 2.05) is 31.2 Å². The molecule has 1 aromatic carbocycles. The molecular weight excluding hydrogens is 226 g/mol. The zero-order valence-corrected chi connectivity index (χ0v) is 11.1. The average molecular weight is 249 g/mol. The molecule has 100 valence electrons. The Bertz CT molecular complexity index is 361. The highest BCUT2D eigenvalue weighted by Gasteiger charge is 2.15. The molecule has 0 radical (unpaired) electrons. The number of nitrogens with two attached hydrogens (primary N) is 1. The van der Waals surface area contributed by atoms with E-state index in [1.165, 1.54) is 25.7 Å². The third kappa shape index (κ3) is 3.91. The van der Waals surface area contributed by atoms with Crippen LogP contribution in [0.4, 0.5) is 0 Å². The first-order valence-electron chi connectivity index (χ1n) is 6.87. The van der Waals surface area contributed by atoms with Crippen LogP contribution in [-0.4, -0.2) is 19.3 Å². The Morgan fingerprint density at radius 3 is 2.72 bits per heavy atom. The van der Waals surface area contributed by atoms with Gasteiger partial charge in [0.15, 0.2) is 0 Å². The van der Waals surface area contributed by atoms with E-state index in [2.05, 4.69) is 0 Å². The number of benzene rings is 1. The van der Waals surface area contributed by atoms with Crippen LogP contribution in [-0.2, 0) is 0 Å². The van der Waals surface area contributed by atoms with Gasteiger partial charge in [-0.1, -0.05) is 18.9 Å². The van der Waals surface area contributed by atoms with Crippen molar-refractivity contribution in [1.82, 2.24) is 0 Å². The van der Waals surface area contributed by atoms with E-state index in [0.29, 0.717) is 6.54 Å². The standard InChI is InChI=1S/C15H23NO2/c1-12(10-16)18-15-8-4-7-14(9-15)17-11-13-5-2-3-6-13/h4,7-9,12-13H,2-3,5-6,10-11,16H2,1H3/t12-/m1/s1. The van der Waals surface area contributed by atoms with Crippen molar-refractivity contribution in [2.75, 3.05) is 13.2 Å². The van der Waals surface area contributed by atoms with Crippen molar-refractivity contribution in [3.63, 3.8) is 0 Å². The molecule has 1 saturated carbocycles. The lowest BCUT2D eigenvalue weighted by atomic mass is 10.1. The Morgan fingerprint density at radius 2 is 2.00 bits per heavy atom. The maximum Gasteiger partial charge on any atom is 0.123 e. The zero-order valence-electron chi connectivity index (χ0n) is 11.1. The SMILES string of the molecule is C[C@H](CN)Oc1cccc(OCC2CCCC2)c1. The molecule has 2 rings (SSSR count). The number of hydrogen-bond acceptors (Lipinski definition) is 3. The van der Waals surface area contributed by atoms with E-state index >= 15 is 0 Å². The summed E-state index contributed by atoms with van der Waals surface area (Å²) < 4.78 is 11.5. The van der Waals surface area contributed by atoms with Gasteiger partial charge in [-0.3, -0.25) is 0 Å². The second-order valence-corrected chi connectivity index (χ2v) is 5.10. The molecule has 1 atom stereocenters. The maximum absolute atomic E-state index is 5.83. The zero-order chi connectivity index (χ0) is 12.8. The maximum atomic E-state index is 5.83. The summed E-state index contributed by atoms with van der Waals surface area (Å²) in [6, 6.07) is 7.83. The van der Waals surface area contributed by atoms with Gasteiger partial charge in [-0.2, -0.15) is 0 Å². The van der Waals surface area contributed by atoms with E-state index in [0.717, 1.165) is 24.0 Å². The van der Waals surface area contributed by atoms with Crippen molar-refractivity contribution in [2.45, 2.75) is 38.7 Å². The van der Waals surface area contributed by atoms with Crippen LogP contribution >= 0.6 is 0 Å². The summed E-state index contributed by atoms with van der Waals surface area (Å²) in [5.41, 5.74) is 5.54. The van der Waals surface area contributed by atoms with Gasteiger partial charge < -0.3 is 15.2 Å². The molecule has 3 nitrogen and oxygen atoms in total. The number of ether oxygens (including phenoxy) is 2. The van der Waals surface area contributed by atoms with Gasteiger partial charge in [0.05, 0.1) is 6.61 Å². The molecular formula is C15H23NO2. The van der Waals surface area contributed by atoms with Crippen LogP contribution in [0.15, 0.2) is 24.3 Å². The van der Waals surface area contributed by atoms with Gasteiger partial charge in [-0.15, -0.1) is 0 Å². The van der Waals surface area contributed by atoms with Gasteiger partial charge in [0, 0.05) is 12.6 Å². The number of rotatable bonds is 6. The highest BCUT2D eigenvalue weighted by Crippen LogP contribution is 2.26. The van der Waals surface area contributed by atoms with Crippen molar-refractivity contribution in [3.05, 3.63) is 24.3 Å². The van der Waals surface area contributed by atoms with E-state index in [9.17, 15) is 0 Å². The molecule has 0 aromatic heterocycles. The second kappa shape index (κ2) is 6.64. The smallest absolute Gasteiger partial charge is 0.123 e. The summed E-state index contributed by atoms with van der Waals surface area (Å²) in [5, 5.41) is 0. The largest absolute Gasteiger partial charge is 0.493 e. The van der Waals surface area contributed by atoms with Crippen molar-refractivity contribution in [2.24, 2.45) is 11.7 Å². The van der Waals surface area contributed by atoms with Crippen LogP contribution in [0.2, 0.25) is 0 Å². The summed E-state index contributed by atoms with van der Waals surface area (Å²) in [4.78, 5) is 0. The van der Waals surface area contributed by atoms with E-state index in [1.54, 1.807) is 0 Å². The lowest BCUT2D eigenvalue weighted by Gasteiger charge is -2.15. The molecule has 0 amide bonds. The summed E-state index contributed by atoms with van der Waals surface area (Å²) in [7, 11) is 0. The summed E-state index contributed by atoms with van der Waals surface area (Å²) >= 11 is 0.